The number of carbonyl (C=O) groups is 2. The number of carbonyl (C=O) groups excluding carboxylic acids is 2. The average Bonchev–Trinajstić information content (AvgIpc) is 3.49. The SMILES string of the molecule is CC(=O)Nc1ccc(CN2CCC3(CC2)CC3C(=O)N2CCc3ccccc3C2)cc1. The van der Waals surface area contributed by atoms with Crippen molar-refractivity contribution in [3.8, 4) is 0 Å². The highest BCUT2D eigenvalue weighted by Crippen LogP contribution is 2.60. The number of likely N-dealkylation sites (tertiary alicyclic amines) is 1. The summed E-state index contributed by atoms with van der Waals surface area (Å²) in [5, 5.41) is 2.81. The lowest BCUT2D eigenvalue weighted by Gasteiger charge is -2.34. The van der Waals surface area contributed by atoms with E-state index in [1.54, 1.807) is 0 Å². The van der Waals surface area contributed by atoms with E-state index in [1.807, 2.05) is 12.1 Å². The first-order chi connectivity index (χ1) is 15.0. The lowest BCUT2D eigenvalue weighted by atomic mass is 9.90. The molecule has 1 unspecified atom stereocenters. The van der Waals surface area contributed by atoms with E-state index < -0.39 is 0 Å². The van der Waals surface area contributed by atoms with Crippen LogP contribution in [-0.4, -0.2) is 41.2 Å². The van der Waals surface area contributed by atoms with Gasteiger partial charge in [-0.2, -0.15) is 0 Å². The molecule has 3 aliphatic rings. The third-order valence-electron chi connectivity index (χ3n) is 7.46. The van der Waals surface area contributed by atoms with Gasteiger partial charge in [0.25, 0.3) is 0 Å². The van der Waals surface area contributed by atoms with Gasteiger partial charge < -0.3 is 10.2 Å². The quantitative estimate of drug-likeness (QED) is 0.823. The molecule has 162 valence electrons. The maximum Gasteiger partial charge on any atom is 0.226 e. The number of anilines is 1. The summed E-state index contributed by atoms with van der Waals surface area (Å²) in [7, 11) is 0. The molecular formula is C26H31N3O2. The molecular weight excluding hydrogens is 386 g/mol. The fourth-order valence-corrected chi connectivity index (χ4v) is 5.47. The summed E-state index contributed by atoms with van der Waals surface area (Å²) in [6, 6.07) is 16.6. The minimum Gasteiger partial charge on any atom is -0.338 e. The van der Waals surface area contributed by atoms with Crippen molar-refractivity contribution < 1.29 is 9.59 Å². The normalized spacial score (nSPS) is 22.1. The second-order valence-corrected chi connectivity index (χ2v) is 9.55. The Bertz CT molecular complexity index is 976. The Morgan fingerprint density at radius 2 is 1.71 bits per heavy atom. The minimum absolute atomic E-state index is 0.0450. The fourth-order valence-electron chi connectivity index (χ4n) is 5.47. The lowest BCUT2D eigenvalue weighted by molar-refractivity contribution is -0.134. The Kier molecular flexibility index (Phi) is 5.30. The van der Waals surface area contributed by atoms with E-state index in [2.05, 4.69) is 51.5 Å². The third-order valence-corrected chi connectivity index (χ3v) is 7.46. The number of hydrogen-bond donors (Lipinski definition) is 1. The van der Waals surface area contributed by atoms with Crippen LogP contribution in [0.25, 0.3) is 0 Å². The van der Waals surface area contributed by atoms with Gasteiger partial charge in [0.2, 0.25) is 11.8 Å². The second kappa shape index (κ2) is 8.12. The summed E-state index contributed by atoms with van der Waals surface area (Å²) in [5.74, 6) is 0.574. The molecule has 1 spiro atoms. The van der Waals surface area contributed by atoms with Crippen molar-refractivity contribution in [2.45, 2.75) is 45.7 Å². The number of nitrogens with one attached hydrogen (secondary N) is 1. The predicted molar refractivity (Wildman–Crippen MR) is 121 cm³/mol. The zero-order valence-electron chi connectivity index (χ0n) is 18.3. The number of rotatable bonds is 4. The molecule has 2 fully saturated rings. The van der Waals surface area contributed by atoms with Crippen molar-refractivity contribution >= 4 is 17.5 Å². The van der Waals surface area contributed by atoms with Crippen molar-refractivity contribution in [2.24, 2.45) is 11.3 Å². The van der Waals surface area contributed by atoms with E-state index in [4.69, 9.17) is 0 Å². The highest BCUT2D eigenvalue weighted by molar-refractivity contribution is 5.88. The molecule has 0 aromatic heterocycles. The summed E-state index contributed by atoms with van der Waals surface area (Å²) in [4.78, 5) is 29.0. The van der Waals surface area contributed by atoms with Gasteiger partial charge in [0.1, 0.15) is 0 Å². The van der Waals surface area contributed by atoms with Gasteiger partial charge in [-0.05, 0) is 73.0 Å². The van der Waals surface area contributed by atoms with E-state index in [1.165, 1.54) is 23.6 Å². The van der Waals surface area contributed by atoms with Gasteiger partial charge in [0.15, 0.2) is 0 Å². The van der Waals surface area contributed by atoms with E-state index in [9.17, 15) is 9.59 Å². The molecule has 2 aromatic carbocycles. The van der Waals surface area contributed by atoms with Gasteiger partial charge in [-0.3, -0.25) is 14.5 Å². The number of benzene rings is 2. The zero-order valence-corrected chi connectivity index (χ0v) is 18.3. The van der Waals surface area contributed by atoms with E-state index in [0.717, 1.165) is 64.1 Å². The van der Waals surface area contributed by atoms with Crippen molar-refractivity contribution in [2.75, 3.05) is 25.0 Å². The number of fused-ring (bicyclic) bond motifs is 1. The number of piperidine rings is 1. The first-order valence-electron chi connectivity index (χ1n) is 11.5. The van der Waals surface area contributed by atoms with Crippen LogP contribution in [0.4, 0.5) is 5.69 Å². The number of hydrogen-bond acceptors (Lipinski definition) is 3. The summed E-state index contributed by atoms with van der Waals surface area (Å²) < 4.78 is 0. The van der Waals surface area contributed by atoms with Gasteiger partial charge in [0, 0.05) is 38.2 Å². The molecule has 2 aliphatic heterocycles. The molecule has 1 atom stereocenters. The minimum atomic E-state index is -0.0450. The topological polar surface area (TPSA) is 52.7 Å². The zero-order chi connectivity index (χ0) is 21.4. The molecule has 0 radical (unpaired) electrons. The van der Waals surface area contributed by atoms with E-state index in [-0.39, 0.29) is 17.2 Å². The Labute approximate surface area is 184 Å². The summed E-state index contributed by atoms with van der Waals surface area (Å²) in [6.07, 6.45) is 4.30. The van der Waals surface area contributed by atoms with Crippen LogP contribution in [0.2, 0.25) is 0 Å². The first-order valence-corrected chi connectivity index (χ1v) is 11.5. The van der Waals surface area contributed by atoms with Crippen LogP contribution in [0.15, 0.2) is 48.5 Å². The third kappa shape index (κ3) is 4.24. The molecule has 2 heterocycles. The van der Waals surface area contributed by atoms with Gasteiger partial charge in [-0.1, -0.05) is 36.4 Å². The molecule has 5 nitrogen and oxygen atoms in total. The average molecular weight is 418 g/mol. The molecule has 0 bridgehead atoms. The molecule has 31 heavy (non-hydrogen) atoms. The largest absolute Gasteiger partial charge is 0.338 e. The second-order valence-electron chi connectivity index (χ2n) is 9.55. The van der Waals surface area contributed by atoms with Crippen molar-refractivity contribution in [3.05, 3.63) is 65.2 Å². The summed E-state index contributed by atoms with van der Waals surface area (Å²) in [6.45, 7) is 6.21. The van der Waals surface area contributed by atoms with Crippen molar-refractivity contribution in [1.82, 2.24) is 9.80 Å². The Hall–Kier alpha value is -2.66. The first kappa shape index (κ1) is 20.3. The Morgan fingerprint density at radius 3 is 2.42 bits per heavy atom. The van der Waals surface area contributed by atoms with Gasteiger partial charge in [0.05, 0.1) is 0 Å². The summed E-state index contributed by atoms with van der Waals surface area (Å²) >= 11 is 0. The number of nitrogens with zero attached hydrogens (tertiary/aromatic N) is 2. The van der Waals surface area contributed by atoms with E-state index in [0.29, 0.717) is 5.91 Å². The van der Waals surface area contributed by atoms with E-state index >= 15 is 0 Å². The predicted octanol–water partition coefficient (Wildman–Crippen LogP) is 3.83. The van der Waals surface area contributed by atoms with Gasteiger partial charge in [-0.25, -0.2) is 0 Å². The molecule has 1 saturated carbocycles. The lowest BCUT2D eigenvalue weighted by Crippen LogP contribution is -2.40. The maximum absolute atomic E-state index is 13.2. The Morgan fingerprint density at radius 1 is 1.00 bits per heavy atom. The summed E-state index contributed by atoms with van der Waals surface area (Å²) in [5.41, 5.74) is 5.07. The highest BCUT2D eigenvalue weighted by Gasteiger charge is 2.59. The molecule has 1 N–H and O–H groups in total. The van der Waals surface area contributed by atoms with Crippen LogP contribution >= 0.6 is 0 Å². The fraction of sp³-hybridized carbons (Fsp3) is 0.462. The molecule has 5 rings (SSSR count). The van der Waals surface area contributed by atoms with Crippen molar-refractivity contribution in [1.29, 1.82) is 0 Å². The van der Waals surface area contributed by atoms with Gasteiger partial charge in [-0.15, -0.1) is 0 Å². The number of amides is 2. The van der Waals surface area contributed by atoms with Crippen LogP contribution in [0.3, 0.4) is 0 Å². The van der Waals surface area contributed by atoms with Crippen LogP contribution in [0, 0.1) is 11.3 Å². The van der Waals surface area contributed by atoms with Crippen LogP contribution in [0.5, 0.6) is 0 Å². The van der Waals surface area contributed by atoms with Crippen LogP contribution in [-0.2, 0) is 29.1 Å². The molecule has 1 saturated heterocycles. The highest BCUT2D eigenvalue weighted by atomic mass is 16.2. The molecule has 2 aromatic rings. The molecule has 1 aliphatic carbocycles. The monoisotopic (exact) mass is 417 g/mol. The molecule has 2 amide bonds. The van der Waals surface area contributed by atoms with Crippen LogP contribution in [0.1, 0.15) is 42.9 Å². The van der Waals surface area contributed by atoms with Crippen LogP contribution < -0.4 is 5.32 Å². The van der Waals surface area contributed by atoms with Gasteiger partial charge >= 0.3 is 0 Å². The standard InChI is InChI=1S/C26H31N3O2/c1-19(30)27-23-8-6-20(7-9-23)17-28-14-11-26(12-15-28)16-24(26)25(31)29-13-10-21-4-2-3-5-22(21)18-29/h2-9,24H,10-18H2,1H3,(H,27,30). The smallest absolute Gasteiger partial charge is 0.226 e. The Balaban J connectivity index is 1.13. The van der Waals surface area contributed by atoms with Crippen molar-refractivity contribution in [3.63, 3.8) is 0 Å². The maximum atomic E-state index is 13.2. The molecule has 5 heteroatoms.